The van der Waals surface area contributed by atoms with Crippen LogP contribution in [0.3, 0.4) is 0 Å². The number of nitrogens with zero attached hydrogens (tertiary/aromatic N) is 1. The number of rotatable bonds is 3. The molecule has 5 nitrogen and oxygen atoms in total. The topological polar surface area (TPSA) is 58.6 Å². The molecule has 0 aromatic heterocycles. The second-order valence-electron chi connectivity index (χ2n) is 4.94. The number of carbonyl (C=O) groups excluding carboxylic acids is 2. The smallest absolute Gasteiger partial charge is 0.265 e. The number of fused-ring (bicyclic) bond motifs is 1. The molecule has 0 fully saturated rings. The summed E-state index contributed by atoms with van der Waals surface area (Å²) in [6.45, 7) is -0.212. The minimum atomic E-state index is -0.353. The summed E-state index contributed by atoms with van der Waals surface area (Å²) in [5.41, 5.74) is 1.05. The van der Waals surface area contributed by atoms with Gasteiger partial charge in [0.1, 0.15) is 12.3 Å². The zero-order chi connectivity index (χ0) is 16.4. The third-order valence-electron chi connectivity index (χ3n) is 3.26. The Morgan fingerprint density at radius 2 is 1.87 bits per heavy atom. The van der Waals surface area contributed by atoms with Gasteiger partial charge >= 0.3 is 0 Å². The first kappa shape index (κ1) is 15.6. The van der Waals surface area contributed by atoms with Crippen LogP contribution in [0, 0.1) is 0 Å². The van der Waals surface area contributed by atoms with Gasteiger partial charge in [-0.05, 0) is 30.3 Å². The van der Waals surface area contributed by atoms with Crippen LogP contribution in [0.2, 0.25) is 10.0 Å². The minimum Gasteiger partial charge on any atom is -0.482 e. The molecular formula is C16H12Cl2N2O3. The maximum absolute atomic E-state index is 12.2. The number of benzene rings is 2. The molecule has 1 aliphatic heterocycles. The van der Waals surface area contributed by atoms with Gasteiger partial charge in [-0.2, -0.15) is 0 Å². The SMILES string of the molecule is O=C(CN1C(=O)COc2ccccc21)Nc1cc(Cl)cc(Cl)c1. The first-order chi connectivity index (χ1) is 11.0. The summed E-state index contributed by atoms with van der Waals surface area (Å²) in [6.07, 6.45) is 0. The molecule has 0 saturated heterocycles. The maximum Gasteiger partial charge on any atom is 0.265 e. The van der Waals surface area contributed by atoms with Gasteiger partial charge in [0.05, 0.1) is 5.69 Å². The quantitative estimate of drug-likeness (QED) is 0.923. The van der Waals surface area contributed by atoms with Crippen LogP contribution >= 0.6 is 23.2 Å². The van der Waals surface area contributed by atoms with Crippen molar-refractivity contribution < 1.29 is 14.3 Å². The van der Waals surface area contributed by atoms with Crippen molar-refractivity contribution in [3.8, 4) is 5.75 Å². The molecule has 0 aliphatic carbocycles. The number of para-hydroxylation sites is 2. The van der Waals surface area contributed by atoms with E-state index >= 15 is 0 Å². The number of nitrogens with one attached hydrogen (secondary N) is 1. The van der Waals surface area contributed by atoms with Crippen LogP contribution in [0.4, 0.5) is 11.4 Å². The highest BCUT2D eigenvalue weighted by Crippen LogP contribution is 2.31. The van der Waals surface area contributed by atoms with Crippen LogP contribution in [0.25, 0.3) is 0 Å². The molecule has 0 unspecified atom stereocenters. The van der Waals surface area contributed by atoms with Gasteiger partial charge < -0.3 is 10.1 Å². The van der Waals surface area contributed by atoms with E-state index < -0.39 is 0 Å². The van der Waals surface area contributed by atoms with E-state index in [0.717, 1.165) is 0 Å². The molecule has 2 aromatic carbocycles. The number of anilines is 2. The van der Waals surface area contributed by atoms with Gasteiger partial charge in [-0.1, -0.05) is 35.3 Å². The second-order valence-corrected chi connectivity index (χ2v) is 5.82. The Morgan fingerprint density at radius 3 is 2.61 bits per heavy atom. The molecule has 3 rings (SSSR count). The van der Waals surface area contributed by atoms with E-state index in [9.17, 15) is 9.59 Å². The molecule has 0 saturated carbocycles. The van der Waals surface area contributed by atoms with E-state index in [1.807, 2.05) is 0 Å². The monoisotopic (exact) mass is 350 g/mol. The lowest BCUT2D eigenvalue weighted by Gasteiger charge is -2.28. The van der Waals surface area contributed by atoms with Gasteiger partial charge in [0.25, 0.3) is 5.91 Å². The molecule has 1 heterocycles. The molecule has 118 valence electrons. The van der Waals surface area contributed by atoms with Crippen LogP contribution in [0.15, 0.2) is 42.5 Å². The molecule has 1 N–H and O–H groups in total. The minimum absolute atomic E-state index is 0.0900. The Balaban J connectivity index is 1.76. The molecule has 2 amide bonds. The molecule has 2 aromatic rings. The summed E-state index contributed by atoms with van der Waals surface area (Å²) >= 11 is 11.8. The average molecular weight is 351 g/mol. The van der Waals surface area contributed by atoms with Crippen molar-refractivity contribution >= 4 is 46.4 Å². The molecule has 0 radical (unpaired) electrons. The van der Waals surface area contributed by atoms with E-state index in [1.54, 1.807) is 42.5 Å². The van der Waals surface area contributed by atoms with Crippen molar-refractivity contribution in [3.05, 3.63) is 52.5 Å². The van der Waals surface area contributed by atoms with Gasteiger partial charge in [-0.3, -0.25) is 14.5 Å². The Morgan fingerprint density at radius 1 is 1.17 bits per heavy atom. The van der Waals surface area contributed by atoms with E-state index in [0.29, 0.717) is 27.2 Å². The van der Waals surface area contributed by atoms with Crippen molar-refractivity contribution in [1.29, 1.82) is 0 Å². The number of ether oxygens (including phenoxy) is 1. The van der Waals surface area contributed by atoms with Crippen molar-refractivity contribution in [3.63, 3.8) is 0 Å². The predicted octanol–water partition coefficient (Wildman–Crippen LogP) is 3.36. The average Bonchev–Trinajstić information content (AvgIpc) is 2.49. The lowest BCUT2D eigenvalue weighted by molar-refractivity contribution is -0.123. The maximum atomic E-state index is 12.2. The Kier molecular flexibility index (Phi) is 4.41. The second kappa shape index (κ2) is 6.48. The summed E-state index contributed by atoms with van der Waals surface area (Å²) in [6, 6.07) is 11.8. The van der Waals surface area contributed by atoms with Crippen LogP contribution in [-0.4, -0.2) is 25.0 Å². The number of hydrogen-bond donors (Lipinski definition) is 1. The first-order valence-corrected chi connectivity index (χ1v) is 7.56. The lowest BCUT2D eigenvalue weighted by Crippen LogP contribution is -2.43. The molecule has 0 spiro atoms. The van der Waals surface area contributed by atoms with Crippen LogP contribution < -0.4 is 15.0 Å². The largest absolute Gasteiger partial charge is 0.482 e. The molecule has 0 atom stereocenters. The summed E-state index contributed by atoms with van der Waals surface area (Å²) in [5.74, 6) is -0.0536. The normalized spacial score (nSPS) is 13.3. The van der Waals surface area contributed by atoms with E-state index in [2.05, 4.69) is 5.32 Å². The third-order valence-corrected chi connectivity index (χ3v) is 3.69. The van der Waals surface area contributed by atoms with Crippen LogP contribution in [-0.2, 0) is 9.59 Å². The summed E-state index contributed by atoms with van der Waals surface area (Å²) in [5, 5.41) is 3.51. The zero-order valence-electron chi connectivity index (χ0n) is 11.9. The fourth-order valence-electron chi connectivity index (χ4n) is 2.30. The van der Waals surface area contributed by atoms with Crippen molar-refractivity contribution in [2.45, 2.75) is 0 Å². The van der Waals surface area contributed by atoms with Gasteiger partial charge in [-0.25, -0.2) is 0 Å². The number of amides is 2. The predicted molar refractivity (Wildman–Crippen MR) is 89.4 cm³/mol. The highest BCUT2D eigenvalue weighted by Gasteiger charge is 2.26. The summed E-state index contributed by atoms with van der Waals surface area (Å²) in [4.78, 5) is 25.6. The summed E-state index contributed by atoms with van der Waals surface area (Å²) in [7, 11) is 0. The number of halogens is 2. The fraction of sp³-hybridized carbons (Fsp3) is 0.125. The van der Waals surface area contributed by atoms with Crippen molar-refractivity contribution in [1.82, 2.24) is 0 Å². The van der Waals surface area contributed by atoms with E-state index in [1.165, 1.54) is 4.90 Å². The molecule has 0 bridgehead atoms. The molecule has 1 aliphatic rings. The van der Waals surface area contributed by atoms with E-state index in [-0.39, 0.29) is 25.0 Å². The Labute approximate surface area is 142 Å². The van der Waals surface area contributed by atoms with Gasteiger partial charge in [0, 0.05) is 15.7 Å². The Hall–Kier alpha value is -2.24. The summed E-state index contributed by atoms with van der Waals surface area (Å²) < 4.78 is 5.34. The van der Waals surface area contributed by atoms with Crippen molar-refractivity contribution in [2.24, 2.45) is 0 Å². The first-order valence-electron chi connectivity index (χ1n) is 6.81. The fourth-order valence-corrected chi connectivity index (χ4v) is 2.82. The standard InChI is InChI=1S/C16H12Cl2N2O3/c17-10-5-11(18)7-12(6-10)19-15(21)8-20-13-3-1-2-4-14(13)23-9-16(20)22/h1-7H,8-9H2,(H,19,21). The third kappa shape index (κ3) is 3.57. The highest BCUT2D eigenvalue weighted by molar-refractivity contribution is 6.35. The number of carbonyl (C=O) groups is 2. The highest BCUT2D eigenvalue weighted by atomic mass is 35.5. The Bertz CT molecular complexity index is 759. The van der Waals surface area contributed by atoms with E-state index in [4.69, 9.17) is 27.9 Å². The van der Waals surface area contributed by atoms with Gasteiger partial charge in [-0.15, -0.1) is 0 Å². The van der Waals surface area contributed by atoms with Gasteiger partial charge in [0.15, 0.2) is 6.61 Å². The zero-order valence-corrected chi connectivity index (χ0v) is 13.4. The van der Waals surface area contributed by atoms with Gasteiger partial charge in [0.2, 0.25) is 5.91 Å². The van der Waals surface area contributed by atoms with Crippen LogP contribution in [0.1, 0.15) is 0 Å². The van der Waals surface area contributed by atoms with Crippen LogP contribution in [0.5, 0.6) is 5.75 Å². The number of hydrogen-bond acceptors (Lipinski definition) is 3. The molecule has 7 heteroatoms. The van der Waals surface area contributed by atoms with Crippen molar-refractivity contribution in [2.75, 3.05) is 23.4 Å². The molecule has 23 heavy (non-hydrogen) atoms. The molecular weight excluding hydrogens is 339 g/mol. The lowest BCUT2D eigenvalue weighted by atomic mass is 10.2.